The number of rotatable bonds is 5. The van der Waals surface area contributed by atoms with Crippen molar-refractivity contribution in [2.45, 2.75) is 59.1 Å². The lowest BCUT2D eigenvalue weighted by molar-refractivity contribution is -0.131. The van der Waals surface area contributed by atoms with Gasteiger partial charge in [-0.25, -0.2) is 4.79 Å². The van der Waals surface area contributed by atoms with Gasteiger partial charge in [-0.3, -0.25) is 9.69 Å². The Morgan fingerprint density at radius 1 is 1.21 bits per heavy atom. The van der Waals surface area contributed by atoms with Gasteiger partial charge in [-0.2, -0.15) is 0 Å². The molecule has 1 aliphatic rings. The molecule has 0 unspecified atom stereocenters. The minimum Gasteiger partial charge on any atom is -0.379 e. The van der Waals surface area contributed by atoms with E-state index < -0.39 is 5.54 Å². The lowest BCUT2D eigenvalue weighted by Gasteiger charge is -2.35. The summed E-state index contributed by atoms with van der Waals surface area (Å²) in [6, 6.07) is -0.307. The van der Waals surface area contributed by atoms with Crippen LogP contribution < -0.4 is 5.32 Å². The van der Waals surface area contributed by atoms with Crippen LogP contribution in [0.15, 0.2) is 0 Å². The average Bonchev–Trinajstić information content (AvgIpc) is 2.39. The molecule has 0 spiro atoms. The van der Waals surface area contributed by atoms with E-state index in [1.54, 1.807) is 21.0 Å². The number of nitrogens with zero attached hydrogens (tertiary/aromatic N) is 1. The number of carbonyl (C=O) groups is 2. The van der Waals surface area contributed by atoms with Crippen molar-refractivity contribution in [2.24, 2.45) is 5.41 Å². The molecule has 1 heterocycles. The third-order valence-electron chi connectivity index (χ3n) is 3.49. The van der Waals surface area contributed by atoms with Crippen LogP contribution in [0.3, 0.4) is 0 Å². The van der Waals surface area contributed by atoms with Gasteiger partial charge in [0.25, 0.3) is 5.91 Å². The van der Waals surface area contributed by atoms with Gasteiger partial charge < -0.3 is 10.1 Å². The van der Waals surface area contributed by atoms with E-state index in [2.05, 4.69) is 5.32 Å². The molecule has 19 heavy (non-hydrogen) atoms. The van der Waals surface area contributed by atoms with E-state index in [-0.39, 0.29) is 23.0 Å². The van der Waals surface area contributed by atoms with E-state index in [4.69, 9.17) is 4.74 Å². The second-order valence-corrected chi connectivity index (χ2v) is 7.25. The normalized spacial score (nSPS) is 19.8. The van der Waals surface area contributed by atoms with Crippen LogP contribution in [0, 0.1) is 5.41 Å². The first-order valence-corrected chi connectivity index (χ1v) is 6.59. The van der Waals surface area contributed by atoms with Crippen LogP contribution in [0.25, 0.3) is 0 Å². The highest BCUT2D eigenvalue weighted by Crippen LogP contribution is 2.32. The van der Waals surface area contributed by atoms with E-state index >= 15 is 0 Å². The predicted octanol–water partition coefficient (Wildman–Crippen LogP) is 2.16. The Labute approximate surface area is 115 Å². The number of carbonyl (C=O) groups excluding carboxylic acids is 2. The highest BCUT2D eigenvalue weighted by Gasteiger charge is 2.46. The smallest absolute Gasteiger partial charge is 0.325 e. The molecule has 110 valence electrons. The van der Waals surface area contributed by atoms with Crippen LogP contribution in [0.5, 0.6) is 0 Å². The Balaban J connectivity index is 2.79. The maximum absolute atomic E-state index is 12.2. The molecule has 1 fully saturated rings. The highest BCUT2D eigenvalue weighted by molar-refractivity contribution is 6.06. The predicted molar refractivity (Wildman–Crippen MR) is 73.8 cm³/mol. The summed E-state index contributed by atoms with van der Waals surface area (Å²) in [5.74, 6) is -0.166. The first-order chi connectivity index (χ1) is 8.40. The third kappa shape index (κ3) is 3.69. The first kappa shape index (κ1) is 16.0. The van der Waals surface area contributed by atoms with Crippen molar-refractivity contribution in [1.82, 2.24) is 10.2 Å². The second kappa shape index (κ2) is 4.78. The number of hydrogen-bond donors (Lipinski definition) is 1. The SMILES string of the molecule is COC(C)(C)CC(C)(C)CN1C(=O)NC(C)(C)C1=O. The number of hydrogen-bond acceptors (Lipinski definition) is 3. The van der Waals surface area contributed by atoms with Gasteiger partial charge in [-0.15, -0.1) is 0 Å². The van der Waals surface area contributed by atoms with Crippen LogP contribution in [0.2, 0.25) is 0 Å². The monoisotopic (exact) mass is 270 g/mol. The van der Waals surface area contributed by atoms with Crippen molar-refractivity contribution in [3.05, 3.63) is 0 Å². The van der Waals surface area contributed by atoms with E-state index in [1.807, 2.05) is 27.7 Å². The molecule has 0 saturated carbocycles. The van der Waals surface area contributed by atoms with Gasteiger partial charge in [0.1, 0.15) is 5.54 Å². The Morgan fingerprint density at radius 3 is 2.11 bits per heavy atom. The van der Waals surface area contributed by atoms with Crippen molar-refractivity contribution >= 4 is 11.9 Å². The Hall–Kier alpha value is -1.10. The summed E-state index contributed by atoms with van der Waals surface area (Å²) >= 11 is 0. The zero-order valence-electron chi connectivity index (χ0n) is 13.1. The molecule has 5 heteroatoms. The number of ether oxygens (including phenoxy) is 1. The molecular weight excluding hydrogens is 244 g/mol. The fourth-order valence-corrected chi connectivity index (χ4v) is 2.67. The van der Waals surface area contributed by atoms with Crippen molar-refractivity contribution in [2.75, 3.05) is 13.7 Å². The number of imide groups is 1. The molecule has 0 aliphatic carbocycles. The molecule has 0 bridgehead atoms. The molecule has 5 nitrogen and oxygen atoms in total. The standard InChI is InChI=1S/C14H26N2O3/c1-12(2,8-13(3,4)19-7)9-16-10(17)14(5,6)15-11(16)18/h8-9H2,1-7H3,(H,15,18). The molecule has 1 rings (SSSR count). The zero-order valence-corrected chi connectivity index (χ0v) is 13.1. The highest BCUT2D eigenvalue weighted by atomic mass is 16.5. The van der Waals surface area contributed by atoms with Gasteiger partial charge in [0.15, 0.2) is 0 Å². The van der Waals surface area contributed by atoms with E-state index in [0.29, 0.717) is 6.54 Å². The number of amides is 3. The van der Waals surface area contributed by atoms with Gasteiger partial charge in [0, 0.05) is 13.7 Å². The van der Waals surface area contributed by atoms with Gasteiger partial charge in [0.05, 0.1) is 5.60 Å². The minimum absolute atomic E-state index is 0.166. The fourth-order valence-electron chi connectivity index (χ4n) is 2.67. The maximum atomic E-state index is 12.2. The van der Waals surface area contributed by atoms with Gasteiger partial charge in [-0.1, -0.05) is 13.8 Å². The summed E-state index contributed by atoms with van der Waals surface area (Å²) in [7, 11) is 1.67. The van der Waals surface area contributed by atoms with Crippen molar-refractivity contribution in [1.29, 1.82) is 0 Å². The molecular formula is C14H26N2O3. The van der Waals surface area contributed by atoms with E-state index in [1.165, 1.54) is 4.90 Å². The number of nitrogens with one attached hydrogen (secondary N) is 1. The number of methoxy groups -OCH3 is 1. The molecule has 1 aliphatic heterocycles. The molecule has 1 saturated heterocycles. The Bertz CT molecular complexity index is 386. The molecule has 0 atom stereocenters. The van der Waals surface area contributed by atoms with Crippen LogP contribution in [-0.4, -0.2) is 41.6 Å². The summed E-state index contributed by atoms with van der Waals surface area (Å²) in [4.78, 5) is 25.3. The first-order valence-electron chi connectivity index (χ1n) is 6.59. The van der Waals surface area contributed by atoms with Gasteiger partial charge in [-0.05, 0) is 39.5 Å². The minimum atomic E-state index is -0.802. The lowest BCUT2D eigenvalue weighted by Crippen LogP contribution is -2.44. The van der Waals surface area contributed by atoms with Crippen molar-refractivity contribution in [3.8, 4) is 0 Å². The summed E-state index contributed by atoms with van der Waals surface area (Å²) in [6.07, 6.45) is 0.758. The molecule has 0 aromatic carbocycles. The van der Waals surface area contributed by atoms with Gasteiger partial charge in [0.2, 0.25) is 0 Å². The summed E-state index contributed by atoms with van der Waals surface area (Å²) in [5.41, 5.74) is -1.28. The van der Waals surface area contributed by atoms with Crippen LogP contribution >= 0.6 is 0 Å². The maximum Gasteiger partial charge on any atom is 0.325 e. The molecule has 1 N–H and O–H groups in total. The quantitative estimate of drug-likeness (QED) is 0.779. The fraction of sp³-hybridized carbons (Fsp3) is 0.857. The zero-order chi connectivity index (χ0) is 15.1. The molecule has 3 amide bonds. The van der Waals surface area contributed by atoms with Crippen LogP contribution in [0.1, 0.15) is 48.0 Å². The Kier molecular flexibility index (Phi) is 4.01. The third-order valence-corrected chi connectivity index (χ3v) is 3.49. The lowest BCUT2D eigenvalue weighted by atomic mass is 9.81. The van der Waals surface area contributed by atoms with Crippen LogP contribution in [0.4, 0.5) is 4.79 Å². The number of urea groups is 1. The van der Waals surface area contributed by atoms with E-state index in [0.717, 1.165) is 6.42 Å². The van der Waals surface area contributed by atoms with E-state index in [9.17, 15) is 9.59 Å². The summed E-state index contributed by atoms with van der Waals surface area (Å²) in [5, 5.41) is 2.70. The van der Waals surface area contributed by atoms with Crippen molar-refractivity contribution in [3.63, 3.8) is 0 Å². The summed E-state index contributed by atoms with van der Waals surface area (Å²) < 4.78 is 5.43. The van der Waals surface area contributed by atoms with Crippen molar-refractivity contribution < 1.29 is 14.3 Å². The van der Waals surface area contributed by atoms with Gasteiger partial charge >= 0.3 is 6.03 Å². The average molecular weight is 270 g/mol. The molecule has 0 aromatic rings. The summed E-state index contributed by atoms with van der Waals surface area (Å²) in [6.45, 7) is 11.9. The second-order valence-electron chi connectivity index (χ2n) is 7.25. The molecule has 0 aromatic heterocycles. The molecule has 0 radical (unpaired) electrons. The largest absolute Gasteiger partial charge is 0.379 e. The Morgan fingerprint density at radius 2 is 1.74 bits per heavy atom. The topological polar surface area (TPSA) is 58.6 Å². The van der Waals surface area contributed by atoms with Crippen LogP contribution in [-0.2, 0) is 9.53 Å².